The van der Waals surface area contributed by atoms with Crippen molar-refractivity contribution in [3.8, 4) is 0 Å². The molecule has 0 aromatic heterocycles. The minimum atomic E-state index is -0.629. The number of hydroxylamine groups is 2. The number of rotatable bonds is 6. The van der Waals surface area contributed by atoms with Crippen molar-refractivity contribution in [2.24, 2.45) is 17.8 Å². The fourth-order valence-electron chi connectivity index (χ4n) is 5.06. The molecule has 4 fully saturated rings. The highest BCUT2D eigenvalue weighted by molar-refractivity contribution is 5.91. The fourth-order valence-corrected chi connectivity index (χ4v) is 5.06. The molecule has 3 aliphatic heterocycles. The van der Waals surface area contributed by atoms with Gasteiger partial charge in [0.2, 0.25) is 5.91 Å². The first-order valence-electron chi connectivity index (χ1n) is 11.9. The average molecular weight is 466 g/mol. The van der Waals surface area contributed by atoms with Crippen LogP contribution in [0.2, 0.25) is 0 Å². The molecule has 2 N–H and O–H groups in total. The third kappa shape index (κ3) is 4.87. The largest absolute Gasteiger partial charge is 0.444 e. The summed E-state index contributed by atoms with van der Waals surface area (Å²) in [4.78, 5) is 58.9. The van der Waals surface area contributed by atoms with Crippen molar-refractivity contribution >= 4 is 23.9 Å². The van der Waals surface area contributed by atoms with E-state index in [4.69, 9.17) is 9.57 Å². The Morgan fingerprint density at radius 1 is 1.03 bits per heavy atom. The van der Waals surface area contributed by atoms with E-state index in [-0.39, 0.29) is 41.8 Å². The van der Waals surface area contributed by atoms with Gasteiger partial charge in [0.05, 0.1) is 12.6 Å². The second-order valence-corrected chi connectivity index (χ2v) is 10.4. The molecule has 3 heterocycles. The van der Waals surface area contributed by atoms with Crippen LogP contribution >= 0.6 is 0 Å². The number of nitrogens with zero attached hydrogens (tertiary/aromatic N) is 3. The summed E-state index contributed by atoms with van der Waals surface area (Å²) in [5, 5.41) is 1.41. The van der Waals surface area contributed by atoms with Gasteiger partial charge in [-0.1, -0.05) is 13.3 Å². The first kappa shape index (κ1) is 23.6. The van der Waals surface area contributed by atoms with Crippen LogP contribution in [0.25, 0.3) is 0 Å². The number of hydrogen-bond donors (Lipinski definition) is 2. The maximum atomic E-state index is 12.7. The summed E-state index contributed by atoms with van der Waals surface area (Å²) in [6.07, 6.45) is 2.67. The van der Waals surface area contributed by atoms with Crippen molar-refractivity contribution in [1.82, 2.24) is 25.7 Å². The van der Waals surface area contributed by atoms with E-state index >= 15 is 0 Å². The Labute approximate surface area is 194 Å². The Morgan fingerprint density at radius 3 is 2.33 bits per heavy atom. The lowest BCUT2D eigenvalue weighted by atomic mass is 10.0. The van der Waals surface area contributed by atoms with Gasteiger partial charge < -0.3 is 14.5 Å². The standard InChI is InChI=1S/C22H35N5O6/c1-5-6-9-32-27-13-7-8-16(26(10-13)20(27)30)18(28)23-24-19(29)17-14-11-25(12-15(14)17)21(31)33-22(2,3)4/h13-17H,5-12H2,1-4H3,(H,23,28)(H,24,29)/t13-,14-,15+,16-,17?/m0/s1. The number of carbonyl (C=O) groups excluding carboxylic acids is 4. The van der Waals surface area contributed by atoms with E-state index in [9.17, 15) is 19.2 Å². The zero-order chi connectivity index (χ0) is 23.9. The van der Waals surface area contributed by atoms with Gasteiger partial charge in [-0.3, -0.25) is 25.3 Å². The summed E-state index contributed by atoms with van der Waals surface area (Å²) in [5.74, 6) is -0.715. The lowest BCUT2D eigenvalue weighted by Gasteiger charge is -2.29. The van der Waals surface area contributed by atoms with Crippen LogP contribution in [0.15, 0.2) is 0 Å². The van der Waals surface area contributed by atoms with Crippen molar-refractivity contribution in [1.29, 1.82) is 0 Å². The van der Waals surface area contributed by atoms with E-state index in [0.717, 1.165) is 12.8 Å². The minimum absolute atomic E-state index is 0.0354. The Morgan fingerprint density at radius 2 is 1.70 bits per heavy atom. The van der Waals surface area contributed by atoms with Crippen LogP contribution in [0.5, 0.6) is 0 Å². The van der Waals surface area contributed by atoms with Crippen molar-refractivity contribution in [2.45, 2.75) is 71.1 Å². The molecular formula is C22H35N5O6. The van der Waals surface area contributed by atoms with Crippen LogP contribution in [-0.2, 0) is 19.2 Å². The van der Waals surface area contributed by atoms with Crippen LogP contribution in [0.3, 0.4) is 0 Å². The van der Waals surface area contributed by atoms with Crippen LogP contribution in [0, 0.1) is 17.8 Å². The molecule has 11 nitrogen and oxygen atoms in total. The van der Waals surface area contributed by atoms with E-state index in [0.29, 0.717) is 39.1 Å². The minimum Gasteiger partial charge on any atom is -0.444 e. The number of piperidine rings is 2. The van der Waals surface area contributed by atoms with Crippen molar-refractivity contribution in [2.75, 3.05) is 26.2 Å². The molecule has 0 spiro atoms. The van der Waals surface area contributed by atoms with E-state index in [1.807, 2.05) is 20.8 Å². The van der Waals surface area contributed by atoms with Gasteiger partial charge >= 0.3 is 12.1 Å². The highest BCUT2D eigenvalue weighted by Crippen LogP contribution is 2.51. The van der Waals surface area contributed by atoms with Crippen LogP contribution < -0.4 is 10.9 Å². The van der Waals surface area contributed by atoms with Gasteiger partial charge in [-0.2, -0.15) is 5.06 Å². The van der Waals surface area contributed by atoms with E-state index in [2.05, 4.69) is 17.8 Å². The van der Waals surface area contributed by atoms with Crippen molar-refractivity contribution in [3.63, 3.8) is 0 Å². The molecule has 184 valence electrons. The van der Waals surface area contributed by atoms with Crippen LogP contribution in [-0.4, -0.2) is 82.7 Å². The highest BCUT2D eigenvalue weighted by atomic mass is 16.7. The van der Waals surface area contributed by atoms with Gasteiger partial charge in [-0.05, 0) is 51.9 Å². The number of amides is 5. The van der Waals surface area contributed by atoms with Crippen molar-refractivity contribution < 1.29 is 28.8 Å². The topological polar surface area (TPSA) is 121 Å². The molecule has 0 aromatic carbocycles. The van der Waals surface area contributed by atoms with Gasteiger partial charge in [0.1, 0.15) is 11.6 Å². The smallest absolute Gasteiger partial charge is 0.410 e. The molecule has 5 amide bonds. The third-order valence-electron chi connectivity index (χ3n) is 6.81. The number of carbonyl (C=O) groups is 4. The summed E-state index contributed by atoms with van der Waals surface area (Å²) >= 11 is 0. The lowest BCUT2D eigenvalue weighted by Crippen LogP contribution is -2.54. The first-order chi connectivity index (χ1) is 15.6. The van der Waals surface area contributed by atoms with Gasteiger partial charge in [0.25, 0.3) is 5.91 Å². The summed E-state index contributed by atoms with van der Waals surface area (Å²) in [7, 11) is 0. The van der Waals surface area contributed by atoms with Gasteiger partial charge in [-0.15, -0.1) is 0 Å². The Kier molecular flexibility index (Phi) is 6.43. The molecule has 4 aliphatic rings. The quantitative estimate of drug-likeness (QED) is 0.450. The Hall–Kier alpha value is -2.56. The number of unbranched alkanes of at least 4 members (excludes halogenated alkanes) is 1. The first-order valence-corrected chi connectivity index (χ1v) is 11.9. The normalized spacial score (nSPS) is 30.2. The molecule has 1 saturated carbocycles. The summed E-state index contributed by atoms with van der Waals surface area (Å²) < 4.78 is 5.38. The molecular weight excluding hydrogens is 430 g/mol. The Bertz CT molecular complexity index is 802. The molecule has 1 unspecified atom stereocenters. The monoisotopic (exact) mass is 465 g/mol. The van der Waals surface area contributed by atoms with E-state index in [1.165, 1.54) is 9.96 Å². The molecule has 0 radical (unpaired) electrons. The second-order valence-electron chi connectivity index (χ2n) is 10.4. The van der Waals surface area contributed by atoms with Crippen LogP contribution in [0.1, 0.15) is 53.4 Å². The predicted octanol–water partition coefficient (Wildman–Crippen LogP) is 1.25. The summed E-state index contributed by atoms with van der Waals surface area (Å²) in [6.45, 7) is 9.40. The molecule has 2 bridgehead atoms. The molecule has 5 atom stereocenters. The molecule has 4 rings (SSSR count). The zero-order valence-corrected chi connectivity index (χ0v) is 19.8. The van der Waals surface area contributed by atoms with Gasteiger partial charge in [-0.25, -0.2) is 9.59 Å². The number of hydrazine groups is 1. The Balaban J connectivity index is 1.21. The molecule has 33 heavy (non-hydrogen) atoms. The molecule has 3 saturated heterocycles. The van der Waals surface area contributed by atoms with E-state index in [1.54, 1.807) is 4.90 Å². The second kappa shape index (κ2) is 9.00. The summed E-state index contributed by atoms with van der Waals surface area (Å²) in [5.41, 5.74) is 4.47. The number of fused-ring (bicyclic) bond motifs is 3. The fraction of sp³-hybridized carbons (Fsp3) is 0.818. The number of likely N-dealkylation sites (tertiary alicyclic amines) is 1. The maximum absolute atomic E-state index is 12.7. The lowest BCUT2D eigenvalue weighted by molar-refractivity contribution is -0.133. The van der Waals surface area contributed by atoms with Gasteiger partial charge in [0.15, 0.2) is 0 Å². The zero-order valence-electron chi connectivity index (χ0n) is 19.8. The van der Waals surface area contributed by atoms with E-state index < -0.39 is 17.6 Å². The number of ether oxygens (including phenoxy) is 1. The third-order valence-corrected chi connectivity index (χ3v) is 6.81. The average Bonchev–Trinajstić information content (AvgIpc) is 3.14. The number of nitrogens with one attached hydrogen (secondary N) is 2. The molecule has 0 aromatic rings. The van der Waals surface area contributed by atoms with Gasteiger partial charge in [0, 0.05) is 25.6 Å². The van der Waals surface area contributed by atoms with Crippen LogP contribution in [0.4, 0.5) is 9.59 Å². The molecule has 11 heteroatoms. The predicted molar refractivity (Wildman–Crippen MR) is 116 cm³/mol. The highest BCUT2D eigenvalue weighted by Gasteiger charge is 2.60. The maximum Gasteiger partial charge on any atom is 0.410 e. The number of hydrogen-bond acceptors (Lipinski definition) is 6. The van der Waals surface area contributed by atoms with Crippen molar-refractivity contribution in [3.05, 3.63) is 0 Å². The molecule has 1 aliphatic carbocycles. The SMILES string of the molecule is CCCCON1C(=O)N2C[C@@H]1CC[C@H]2C(=O)NNC(=O)C1[C@H]2CN(C(=O)OC(C)(C)C)C[C@@H]12. The summed E-state index contributed by atoms with van der Waals surface area (Å²) in [6, 6.07) is -0.957. The number of urea groups is 1.